The molecule has 2 aromatic carbocycles. The highest BCUT2D eigenvalue weighted by Crippen LogP contribution is 2.32. The van der Waals surface area contributed by atoms with Crippen LogP contribution in [0.15, 0.2) is 36.4 Å². The molecule has 0 atom stereocenters. The van der Waals surface area contributed by atoms with Crippen LogP contribution in [0.2, 0.25) is 5.02 Å². The fraction of sp³-hybridized carbons (Fsp3) is 0.0667. The maximum Gasteiger partial charge on any atom is 0.257 e. The SMILES string of the molecule is O=C(NC(=S)Nc1ccc(I)cc1Cl)c1ccc2c(c1)OCO2. The fourth-order valence-electron chi connectivity index (χ4n) is 1.96. The molecule has 1 amide bonds. The molecule has 8 heteroatoms. The first-order chi connectivity index (χ1) is 11.0. The van der Waals surface area contributed by atoms with Crippen LogP contribution in [0.4, 0.5) is 5.69 Å². The van der Waals surface area contributed by atoms with E-state index in [0.29, 0.717) is 27.8 Å². The number of carbonyl (C=O) groups excluding carboxylic acids is 1. The highest BCUT2D eigenvalue weighted by Gasteiger charge is 2.17. The normalized spacial score (nSPS) is 11.9. The van der Waals surface area contributed by atoms with E-state index in [9.17, 15) is 4.79 Å². The minimum Gasteiger partial charge on any atom is -0.454 e. The number of fused-ring (bicyclic) bond motifs is 1. The molecule has 118 valence electrons. The Morgan fingerprint density at radius 1 is 1.17 bits per heavy atom. The van der Waals surface area contributed by atoms with Crippen LogP contribution in [0.25, 0.3) is 0 Å². The monoisotopic (exact) mass is 460 g/mol. The highest BCUT2D eigenvalue weighted by atomic mass is 127. The van der Waals surface area contributed by atoms with E-state index in [4.69, 9.17) is 33.3 Å². The van der Waals surface area contributed by atoms with E-state index in [1.165, 1.54) is 0 Å². The summed E-state index contributed by atoms with van der Waals surface area (Å²) >= 11 is 13.4. The van der Waals surface area contributed by atoms with E-state index >= 15 is 0 Å². The second-order valence-electron chi connectivity index (χ2n) is 4.60. The van der Waals surface area contributed by atoms with Crippen molar-refractivity contribution in [2.75, 3.05) is 12.1 Å². The first-order valence-electron chi connectivity index (χ1n) is 6.50. The number of carbonyl (C=O) groups is 1. The molecule has 0 radical (unpaired) electrons. The highest BCUT2D eigenvalue weighted by molar-refractivity contribution is 14.1. The Morgan fingerprint density at radius 3 is 2.74 bits per heavy atom. The molecule has 0 unspecified atom stereocenters. The van der Waals surface area contributed by atoms with Gasteiger partial charge in [-0.05, 0) is 71.2 Å². The van der Waals surface area contributed by atoms with Gasteiger partial charge in [0.05, 0.1) is 10.7 Å². The summed E-state index contributed by atoms with van der Waals surface area (Å²) in [4.78, 5) is 12.2. The maximum absolute atomic E-state index is 12.2. The van der Waals surface area contributed by atoms with Gasteiger partial charge in [-0.15, -0.1) is 0 Å². The van der Waals surface area contributed by atoms with E-state index in [2.05, 4.69) is 33.2 Å². The lowest BCUT2D eigenvalue weighted by atomic mass is 10.2. The third-order valence-electron chi connectivity index (χ3n) is 3.04. The number of anilines is 1. The molecule has 2 aromatic rings. The average Bonchev–Trinajstić information content (AvgIpc) is 2.97. The molecule has 1 aliphatic heterocycles. The van der Waals surface area contributed by atoms with Gasteiger partial charge < -0.3 is 14.8 Å². The summed E-state index contributed by atoms with van der Waals surface area (Å²) in [5.74, 6) is 0.813. The molecule has 0 aliphatic carbocycles. The third kappa shape index (κ3) is 3.85. The molecular weight excluding hydrogens is 451 g/mol. The van der Waals surface area contributed by atoms with Crippen LogP contribution in [0, 0.1) is 3.57 Å². The van der Waals surface area contributed by atoms with Crippen LogP contribution in [-0.2, 0) is 0 Å². The summed E-state index contributed by atoms with van der Waals surface area (Å²) in [5.41, 5.74) is 1.05. The first kappa shape index (κ1) is 16.3. The zero-order valence-corrected chi connectivity index (χ0v) is 15.3. The summed E-state index contributed by atoms with van der Waals surface area (Å²) in [6, 6.07) is 10.4. The number of hydrogen-bond acceptors (Lipinski definition) is 4. The first-order valence-corrected chi connectivity index (χ1v) is 8.36. The van der Waals surface area contributed by atoms with Gasteiger partial charge in [-0.25, -0.2) is 0 Å². The van der Waals surface area contributed by atoms with Gasteiger partial charge >= 0.3 is 0 Å². The summed E-state index contributed by atoms with van der Waals surface area (Å²) < 4.78 is 11.5. The number of halogens is 2. The molecule has 1 aliphatic rings. The predicted molar refractivity (Wildman–Crippen MR) is 100 cm³/mol. The standard InChI is InChI=1S/C15H10ClIN2O3S/c16-10-6-9(17)2-3-11(10)18-15(23)19-14(20)8-1-4-12-13(5-8)22-7-21-12/h1-6H,7H2,(H2,18,19,20,23). The number of hydrogen-bond donors (Lipinski definition) is 2. The van der Waals surface area contributed by atoms with Crippen molar-refractivity contribution >= 4 is 63.1 Å². The van der Waals surface area contributed by atoms with E-state index in [-0.39, 0.29) is 17.8 Å². The van der Waals surface area contributed by atoms with Crippen molar-refractivity contribution in [1.29, 1.82) is 0 Å². The van der Waals surface area contributed by atoms with Gasteiger partial charge in [0.1, 0.15) is 0 Å². The lowest BCUT2D eigenvalue weighted by Gasteiger charge is -2.11. The van der Waals surface area contributed by atoms with Crippen LogP contribution in [0.3, 0.4) is 0 Å². The second-order valence-corrected chi connectivity index (χ2v) is 6.66. The number of nitrogens with one attached hydrogen (secondary N) is 2. The largest absolute Gasteiger partial charge is 0.454 e. The Balaban J connectivity index is 1.66. The topological polar surface area (TPSA) is 59.6 Å². The summed E-state index contributed by atoms with van der Waals surface area (Å²) in [5, 5.41) is 6.19. The molecule has 2 N–H and O–H groups in total. The summed E-state index contributed by atoms with van der Waals surface area (Å²) in [6.07, 6.45) is 0. The molecule has 0 saturated heterocycles. The molecule has 0 spiro atoms. The van der Waals surface area contributed by atoms with Gasteiger partial charge in [0.25, 0.3) is 5.91 Å². The fourth-order valence-corrected chi connectivity index (χ4v) is 3.06. The van der Waals surface area contributed by atoms with E-state index in [1.807, 2.05) is 6.07 Å². The van der Waals surface area contributed by atoms with Crippen molar-refractivity contribution in [2.45, 2.75) is 0 Å². The Morgan fingerprint density at radius 2 is 1.96 bits per heavy atom. The second kappa shape index (κ2) is 6.90. The third-order valence-corrected chi connectivity index (χ3v) is 4.23. The summed E-state index contributed by atoms with van der Waals surface area (Å²) in [7, 11) is 0. The van der Waals surface area contributed by atoms with Crippen LogP contribution in [0.1, 0.15) is 10.4 Å². The van der Waals surface area contributed by atoms with Gasteiger partial charge in [0, 0.05) is 9.13 Å². The van der Waals surface area contributed by atoms with E-state index < -0.39 is 0 Å². The molecule has 0 fully saturated rings. The van der Waals surface area contributed by atoms with Crippen molar-refractivity contribution in [3.8, 4) is 11.5 Å². The Bertz CT molecular complexity index is 800. The lowest BCUT2D eigenvalue weighted by Crippen LogP contribution is -2.34. The molecule has 5 nitrogen and oxygen atoms in total. The Labute approximate surface area is 156 Å². The number of benzene rings is 2. The van der Waals surface area contributed by atoms with Crippen molar-refractivity contribution in [3.63, 3.8) is 0 Å². The van der Waals surface area contributed by atoms with Crippen LogP contribution >= 0.6 is 46.4 Å². The van der Waals surface area contributed by atoms with Gasteiger partial charge in [0.15, 0.2) is 16.6 Å². The number of thiocarbonyl (C=S) groups is 1. The van der Waals surface area contributed by atoms with Crippen molar-refractivity contribution < 1.29 is 14.3 Å². The Kier molecular flexibility index (Phi) is 4.88. The lowest BCUT2D eigenvalue weighted by molar-refractivity contribution is 0.0977. The molecule has 0 bridgehead atoms. The number of rotatable bonds is 2. The zero-order valence-electron chi connectivity index (χ0n) is 11.6. The average molecular weight is 461 g/mol. The van der Waals surface area contributed by atoms with E-state index in [0.717, 1.165) is 3.57 Å². The molecule has 1 heterocycles. The molecule has 3 rings (SSSR count). The van der Waals surface area contributed by atoms with Crippen molar-refractivity contribution in [1.82, 2.24) is 5.32 Å². The minimum absolute atomic E-state index is 0.158. The molecule has 0 saturated carbocycles. The Hall–Kier alpha value is -1.58. The molecule has 23 heavy (non-hydrogen) atoms. The van der Waals surface area contributed by atoms with Crippen molar-refractivity contribution in [2.24, 2.45) is 0 Å². The smallest absolute Gasteiger partial charge is 0.257 e. The van der Waals surface area contributed by atoms with Gasteiger partial charge in [-0.3, -0.25) is 10.1 Å². The number of amides is 1. The van der Waals surface area contributed by atoms with Crippen LogP contribution in [-0.4, -0.2) is 17.8 Å². The molecule has 0 aromatic heterocycles. The van der Waals surface area contributed by atoms with Crippen LogP contribution < -0.4 is 20.1 Å². The van der Waals surface area contributed by atoms with Gasteiger partial charge in [0.2, 0.25) is 6.79 Å². The quantitative estimate of drug-likeness (QED) is 0.527. The van der Waals surface area contributed by atoms with Gasteiger partial charge in [-0.2, -0.15) is 0 Å². The van der Waals surface area contributed by atoms with Gasteiger partial charge in [-0.1, -0.05) is 11.6 Å². The maximum atomic E-state index is 12.2. The number of ether oxygens (including phenoxy) is 2. The van der Waals surface area contributed by atoms with Crippen molar-refractivity contribution in [3.05, 3.63) is 50.6 Å². The zero-order chi connectivity index (χ0) is 16.4. The van der Waals surface area contributed by atoms with E-state index in [1.54, 1.807) is 30.3 Å². The molecular formula is C15H10ClIN2O3S. The summed E-state index contributed by atoms with van der Waals surface area (Å²) in [6.45, 7) is 0.158. The van der Waals surface area contributed by atoms with Crippen LogP contribution in [0.5, 0.6) is 11.5 Å². The predicted octanol–water partition coefficient (Wildman–Crippen LogP) is 3.80. The minimum atomic E-state index is -0.345.